The van der Waals surface area contributed by atoms with E-state index in [1.54, 1.807) is 30.6 Å². The highest BCUT2D eigenvalue weighted by Gasteiger charge is 2.31. The molecule has 0 bridgehead atoms. The molecule has 0 aliphatic carbocycles. The summed E-state index contributed by atoms with van der Waals surface area (Å²) in [5.74, 6) is 0. The van der Waals surface area contributed by atoms with Gasteiger partial charge in [-0.2, -0.15) is 18.3 Å². The third-order valence-corrected chi connectivity index (χ3v) is 6.94. The van der Waals surface area contributed by atoms with Gasteiger partial charge in [-0.1, -0.05) is 17.4 Å². The van der Waals surface area contributed by atoms with Gasteiger partial charge in [-0.25, -0.2) is 0 Å². The topological polar surface area (TPSA) is 86.7 Å². The van der Waals surface area contributed by atoms with E-state index in [1.165, 1.54) is 15.9 Å². The van der Waals surface area contributed by atoms with Crippen LogP contribution in [0.4, 0.5) is 24.5 Å². The van der Waals surface area contributed by atoms with Crippen LogP contribution in [0.3, 0.4) is 0 Å². The highest BCUT2D eigenvalue weighted by molar-refractivity contribution is 7.14. The van der Waals surface area contributed by atoms with Gasteiger partial charge in [-0.15, -0.1) is 10.2 Å². The number of alkyl halides is 3. The van der Waals surface area contributed by atoms with E-state index in [9.17, 15) is 13.2 Å². The summed E-state index contributed by atoms with van der Waals surface area (Å²) < 4.78 is 41.9. The number of aromatic amines is 1. The van der Waals surface area contributed by atoms with Crippen LogP contribution >= 0.6 is 11.3 Å². The maximum absolute atomic E-state index is 13.5. The summed E-state index contributed by atoms with van der Waals surface area (Å²) in [5, 5.41) is 23.6. The molecule has 0 atom stereocenters. The molecule has 0 spiro atoms. The summed E-state index contributed by atoms with van der Waals surface area (Å²) in [4.78, 5) is 2.28. The van der Waals surface area contributed by atoms with E-state index >= 15 is 0 Å². The molecule has 0 amide bonds. The zero-order chi connectivity index (χ0) is 23.7. The SMILES string of the molecule is CN1CCC(Nc2cccc3c2cc(-c2nnc(CNc4cn[nH]c4)s2)n3CC(F)(F)F)CC1. The van der Waals surface area contributed by atoms with Gasteiger partial charge >= 0.3 is 6.18 Å². The maximum atomic E-state index is 13.5. The summed E-state index contributed by atoms with van der Waals surface area (Å²) in [7, 11) is 2.10. The van der Waals surface area contributed by atoms with Gasteiger partial charge in [0.2, 0.25) is 0 Å². The molecule has 3 N–H and O–H groups in total. The van der Waals surface area contributed by atoms with Gasteiger partial charge in [-0.05, 0) is 51.2 Å². The first kappa shape index (κ1) is 22.7. The van der Waals surface area contributed by atoms with E-state index in [4.69, 9.17) is 0 Å². The first-order valence-electron chi connectivity index (χ1n) is 11.1. The van der Waals surface area contributed by atoms with Crippen LogP contribution in [-0.4, -0.2) is 62.2 Å². The second kappa shape index (κ2) is 9.26. The van der Waals surface area contributed by atoms with E-state index in [0.29, 0.717) is 33.8 Å². The second-order valence-electron chi connectivity index (χ2n) is 8.53. The monoisotopic (exact) mass is 490 g/mol. The van der Waals surface area contributed by atoms with Gasteiger partial charge in [-0.3, -0.25) is 5.10 Å². The largest absolute Gasteiger partial charge is 0.406 e. The van der Waals surface area contributed by atoms with Gasteiger partial charge in [0.15, 0.2) is 5.01 Å². The molecule has 1 aliphatic rings. The Morgan fingerprint density at radius 3 is 2.76 bits per heavy atom. The van der Waals surface area contributed by atoms with Crippen molar-refractivity contribution in [3.63, 3.8) is 0 Å². The third kappa shape index (κ3) is 5.02. The number of likely N-dealkylation sites (tertiary alicyclic amines) is 1. The van der Waals surface area contributed by atoms with E-state index < -0.39 is 12.7 Å². The highest BCUT2D eigenvalue weighted by Crippen LogP contribution is 2.36. The fourth-order valence-corrected chi connectivity index (χ4v) is 5.07. The number of piperidine rings is 1. The Labute approximate surface area is 198 Å². The lowest BCUT2D eigenvalue weighted by Crippen LogP contribution is -2.36. The highest BCUT2D eigenvalue weighted by atomic mass is 32.1. The van der Waals surface area contributed by atoms with Crippen molar-refractivity contribution < 1.29 is 13.2 Å². The van der Waals surface area contributed by atoms with E-state index in [-0.39, 0.29) is 0 Å². The first-order chi connectivity index (χ1) is 16.4. The molecule has 12 heteroatoms. The standard InChI is InChI=1S/C22H25F3N8S/c1-32-7-5-14(6-8-32)29-17-3-2-4-18-16(17)9-19(33(18)13-22(23,24)25)21-31-30-20(34-21)12-26-15-10-27-28-11-15/h2-4,9-11,14,26,29H,5-8,12-13H2,1H3,(H,27,28). The molecule has 0 saturated carbocycles. The van der Waals surface area contributed by atoms with Crippen LogP contribution in [0.5, 0.6) is 0 Å². The molecule has 1 aromatic carbocycles. The van der Waals surface area contributed by atoms with Crippen molar-refractivity contribution in [2.45, 2.75) is 38.1 Å². The summed E-state index contributed by atoms with van der Waals surface area (Å²) >= 11 is 1.28. The number of nitrogens with one attached hydrogen (secondary N) is 3. The lowest BCUT2D eigenvalue weighted by molar-refractivity contribution is -0.139. The predicted molar refractivity (Wildman–Crippen MR) is 127 cm³/mol. The van der Waals surface area contributed by atoms with Gasteiger partial charge in [0.1, 0.15) is 11.6 Å². The van der Waals surface area contributed by atoms with Crippen LogP contribution in [0, 0.1) is 0 Å². The van der Waals surface area contributed by atoms with Crippen LogP contribution in [-0.2, 0) is 13.1 Å². The van der Waals surface area contributed by atoms with Crippen LogP contribution < -0.4 is 10.6 Å². The van der Waals surface area contributed by atoms with Gasteiger partial charge in [0, 0.05) is 23.3 Å². The number of fused-ring (bicyclic) bond motifs is 1. The van der Waals surface area contributed by atoms with Crippen molar-refractivity contribution in [2.24, 2.45) is 0 Å². The molecule has 0 unspecified atom stereocenters. The summed E-state index contributed by atoms with van der Waals surface area (Å²) in [5.41, 5.74) is 2.59. The van der Waals surface area contributed by atoms with Crippen molar-refractivity contribution in [1.82, 2.24) is 29.9 Å². The molecule has 4 aromatic rings. The molecular formula is C22H25F3N8S. The zero-order valence-electron chi connectivity index (χ0n) is 18.6. The molecule has 3 aromatic heterocycles. The smallest absolute Gasteiger partial charge is 0.382 e. The van der Waals surface area contributed by atoms with Crippen molar-refractivity contribution in [3.05, 3.63) is 41.7 Å². The number of H-pyrrole nitrogens is 1. The molecule has 180 valence electrons. The van der Waals surface area contributed by atoms with E-state index in [1.807, 2.05) is 6.07 Å². The Kier molecular flexibility index (Phi) is 6.17. The molecular weight excluding hydrogens is 465 g/mol. The molecule has 1 fully saturated rings. The maximum Gasteiger partial charge on any atom is 0.406 e. The van der Waals surface area contributed by atoms with E-state index in [2.05, 4.69) is 43.0 Å². The summed E-state index contributed by atoms with van der Waals surface area (Å²) in [6.45, 7) is 1.30. The number of rotatable bonds is 7. The fourth-order valence-electron chi connectivity index (χ4n) is 4.26. The molecule has 0 radical (unpaired) electrons. The Hall–Kier alpha value is -3.12. The Bertz CT molecular complexity index is 1240. The van der Waals surface area contributed by atoms with Crippen LogP contribution in [0.1, 0.15) is 17.8 Å². The first-order valence-corrected chi connectivity index (χ1v) is 11.9. The van der Waals surface area contributed by atoms with Crippen molar-refractivity contribution >= 4 is 33.6 Å². The van der Waals surface area contributed by atoms with Crippen LogP contribution in [0.2, 0.25) is 0 Å². The molecule has 4 heterocycles. The fraction of sp³-hybridized carbons (Fsp3) is 0.409. The number of hydrogen-bond acceptors (Lipinski definition) is 7. The lowest BCUT2D eigenvalue weighted by atomic mass is 10.0. The van der Waals surface area contributed by atoms with Crippen molar-refractivity contribution in [2.75, 3.05) is 30.8 Å². The molecule has 5 rings (SSSR count). The van der Waals surface area contributed by atoms with E-state index in [0.717, 1.165) is 42.7 Å². The number of halogens is 3. The third-order valence-electron chi connectivity index (χ3n) is 5.99. The average molecular weight is 491 g/mol. The number of nitrogens with zero attached hydrogens (tertiary/aromatic N) is 5. The van der Waals surface area contributed by atoms with Gasteiger partial charge in [0.25, 0.3) is 0 Å². The van der Waals surface area contributed by atoms with Crippen molar-refractivity contribution in [3.8, 4) is 10.7 Å². The summed E-state index contributed by atoms with van der Waals surface area (Å²) in [6.07, 6.45) is 0.970. The zero-order valence-corrected chi connectivity index (χ0v) is 19.4. The molecule has 1 aliphatic heterocycles. The second-order valence-corrected chi connectivity index (χ2v) is 9.59. The normalized spacial score (nSPS) is 15.8. The minimum atomic E-state index is -4.37. The lowest BCUT2D eigenvalue weighted by Gasteiger charge is -2.30. The molecule has 1 saturated heterocycles. The Balaban J connectivity index is 1.47. The summed E-state index contributed by atoms with van der Waals surface area (Å²) in [6, 6.07) is 7.55. The van der Waals surface area contributed by atoms with Crippen LogP contribution in [0.15, 0.2) is 36.7 Å². The minimum absolute atomic E-state index is 0.290. The minimum Gasteiger partial charge on any atom is -0.382 e. The average Bonchev–Trinajstić information content (AvgIpc) is 3.54. The quantitative estimate of drug-likeness (QED) is 0.352. The number of aromatic nitrogens is 5. The number of benzene rings is 1. The number of anilines is 2. The van der Waals surface area contributed by atoms with Crippen LogP contribution in [0.25, 0.3) is 21.6 Å². The Morgan fingerprint density at radius 1 is 1.21 bits per heavy atom. The predicted octanol–water partition coefficient (Wildman–Crippen LogP) is 4.56. The Morgan fingerprint density at radius 2 is 2.03 bits per heavy atom. The molecule has 8 nitrogen and oxygen atoms in total. The van der Waals surface area contributed by atoms with Gasteiger partial charge < -0.3 is 20.1 Å². The molecule has 34 heavy (non-hydrogen) atoms. The number of hydrogen-bond donors (Lipinski definition) is 3. The van der Waals surface area contributed by atoms with Gasteiger partial charge in [0.05, 0.1) is 29.6 Å². The van der Waals surface area contributed by atoms with Crippen molar-refractivity contribution in [1.29, 1.82) is 0 Å².